The minimum Gasteiger partial charge on any atom is -0.461 e. The van der Waals surface area contributed by atoms with Gasteiger partial charge in [0.15, 0.2) is 5.76 Å². The average Bonchev–Trinajstić information content (AvgIpc) is 3.57. The number of furan rings is 2. The van der Waals surface area contributed by atoms with E-state index in [0.717, 1.165) is 42.7 Å². The van der Waals surface area contributed by atoms with Crippen LogP contribution in [0.4, 0.5) is 11.9 Å². The van der Waals surface area contributed by atoms with Crippen molar-refractivity contribution in [1.29, 1.82) is 0 Å². The topological polar surface area (TPSA) is 124 Å². The van der Waals surface area contributed by atoms with Gasteiger partial charge in [0, 0.05) is 18.0 Å². The SMILES string of the molecule is Nc1nc(NC[C@H]2CCCN2Cc2cc3ccccc3o2)nc2nc(-c3ccco3)nn12. The second-order valence-electron chi connectivity index (χ2n) is 7.93. The summed E-state index contributed by atoms with van der Waals surface area (Å²) >= 11 is 0. The Kier molecular flexibility index (Phi) is 4.50. The van der Waals surface area contributed by atoms with Crippen LogP contribution >= 0.6 is 0 Å². The largest absolute Gasteiger partial charge is 0.461 e. The first-order chi connectivity index (χ1) is 15.7. The van der Waals surface area contributed by atoms with Crippen LogP contribution in [0.15, 0.2) is 57.6 Å². The minimum atomic E-state index is 0.216. The van der Waals surface area contributed by atoms with Crippen LogP contribution in [0.5, 0.6) is 0 Å². The maximum Gasteiger partial charge on any atom is 0.259 e. The highest BCUT2D eigenvalue weighted by atomic mass is 16.3. The third-order valence-corrected chi connectivity index (χ3v) is 5.81. The van der Waals surface area contributed by atoms with Crippen LogP contribution in [0.25, 0.3) is 28.3 Å². The molecule has 1 aliphatic rings. The number of fused-ring (bicyclic) bond motifs is 2. The van der Waals surface area contributed by atoms with Gasteiger partial charge < -0.3 is 19.9 Å². The Morgan fingerprint density at radius 1 is 1.12 bits per heavy atom. The molecule has 1 aromatic carbocycles. The van der Waals surface area contributed by atoms with E-state index in [1.807, 2.05) is 18.2 Å². The first-order valence-corrected chi connectivity index (χ1v) is 10.6. The van der Waals surface area contributed by atoms with Crippen LogP contribution < -0.4 is 11.1 Å². The molecular weight excluding hydrogens is 408 g/mol. The number of nitrogens with zero attached hydrogens (tertiary/aromatic N) is 6. The van der Waals surface area contributed by atoms with Gasteiger partial charge in [-0.3, -0.25) is 4.90 Å². The van der Waals surface area contributed by atoms with Gasteiger partial charge in [-0.25, -0.2) is 0 Å². The molecule has 5 aromatic rings. The van der Waals surface area contributed by atoms with Crippen molar-refractivity contribution in [3.05, 3.63) is 54.5 Å². The zero-order valence-corrected chi connectivity index (χ0v) is 17.3. The van der Waals surface area contributed by atoms with E-state index in [2.05, 4.69) is 42.4 Å². The monoisotopic (exact) mass is 430 g/mol. The second-order valence-corrected chi connectivity index (χ2v) is 7.93. The maximum absolute atomic E-state index is 6.09. The fourth-order valence-electron chi connectivity index (χ4n) is 4.25. The molecule has 0 saturated carbocycles. The first kappa shape index (κ1) is 18.8. The van der Waals surface area contributed by atoms with E-state index in [1.54, 1.807) is 18.4 Å². The summed E-state index contributed by atoms with van der Waals surface area (Å²) in [5.74, 6) is 2.97. The average molecular weight is 430 g/mol. The predicted molar refractivity (Wildman–Crippen MR) is 119 cm³/mol. The Morgan fingerprint density at radius 3 is 2.94 bits per heavy atom. The van der Waals surface area contributed by atoms with Crippen molar-refractivity contribution < 1.29 is 8.83 Å². The summed E-state index contributed by atoms with van der Waals surface area (Å²) in [5.41, 5.74) is 7.02. The Bertz CT molecular complexity index is 1340. The van der Waals surface area contributed by atoms with Gasteiger partial charge in [-0.1, -0.05) is 18.2 Å². The molecule has 0 radical (unpaired) electrons. The van der Waals surface area contributed by atoms with E-state index < -0.39 is 0 Å². The summed E-state index contributed by atoms with van der Waals surface area (Å²) in [7, 11) is 0. The number of benzene rings is 1. The number of nitrogens with two attached hydrogens (primary N) is 1. The molecule has 1 aliphatic heterocycles. The number of nitrogens with one attached hydrogen (secondary N) is 1. The predicted octanol–water partition coefficient (Wildman–Crippen LogP) is 3.18. The van der Waals surface area contributed by atoms with Crippen LogP contribution in [0.1, 0.15) is 18.6 Å². The summed E-state index contributed by atoms with van der Waals surface area (Å²) in [4.78, 5) is 15.7. The van der Waals surface area contributed by atoms with E-state index >= 15 is 0 Å². The number of hydrogen-bond donors (Lipinski definition) is 2. The van der Waals surface area contributed by atoms with Gasteiger partial charge in [0.1, 0.15) is 11.3 Å². The quantitative estimate of drug-likeness (QED) is 0.418. The molecule has 162 valence electrons. The summed E-state index contributed by atoms with van der Waals surface area (Å²) in [6.45, 7) is 2.51. The molecule has 5 heterocycles. The summed E-state index contributed by atoms with van der Waals surface area (Å²) in [6, 6.07) is 14.1. The van der Waals surface area contributed by atoms with Crippen molar-refractivity contribution >= 4 is 28.6 Å². The van der Waals surface area contributed by atoms with Gasteiger partial charge in [-0.05, 0) is 43.7 Å². The lowest BCUT2D eigenvalue weighted by atomic mass is 10.2. The van der Waals surface area contributed by atoms with Gasteiger partial charge in [0.05, 0.1) is 12.8 Å². The lowest BCUT2D eigenvalue weighted by molar-refractivity contribution is 0.235. The van der Waals surface area contributed by atoms with Crippen molar-refractivity contribution in [3.63, 3.8) is 0 Å². The lowest BCUT2D eigenvalue weighted by Crippen LogP contribution is -2.34. The van der Waals surface area contributed by atoms with E-state index in [9.17, 15) is 0 Å². The van der Waals surface area contributed by atoms with Crippen molar-refractivity contribution in [1.82, 2.24) is 29.5 Å². The van der Waals surface area contributed by atoms with Crippen molar-refractivity contribution in [2.45, 2.75) is 25.4 Å². The molecule has 10 heteroatoms. The zero-order valence-electron chi connectivity index (χ0n) is 17.3. The number of para-hydroxylation sites is 1. The molecule has 10 nitrogen and oxygen atoms in total. The highest BCUT2D eigenvalue weighted by Crippen LogP contribution is 2.25. The Morgan fingerprint density at radius 2 is 2.06 bits per heavy atom. The van der Waals surface area contributed by atoms with Crippen LogP contribution in [0, 0.1) is 0 Å². The van der Waals surface area contributed by atoms with Crippen molar-refractivity contribution in [2.75, 3.05) is 24.1 Å². The lowest BCUT2D eigenvalue weighted by Gasteiger charge is -2.23. The van der Waals surface area contributed by atoms with Crippen molar-refractivity contribution in [3.8, 4) is 11.6 Å². The van der Waals surface area contributed by atoms with Crippen LogP contribution in [-0.2, 0) is 6.54 Å². The molecule has 1 atom stereocenters. The number of anilines is 2. The summed E-state index contributed by atoms with van der Waals surface area (Å²) < 4.78 is 12.8. The zero-order chi connectivity index (χ0) is 21.5. The molecule has 0 bridgehead atoms. The standard InChI is InChI=1S/C22H22N8O2/c23-20-26-21(27-22-25-19(28-30(20)22)18-8-4-10-31-18)24-12-15-6-3-9-29(15)13-16-11-14-5-1-2-7-17(14)32-16/h1-2,4-5,7-8,10-11,15H,3,6,9,12-13H2,(H3,23,24,25,26,27,28)/t15-/m1/s1. The van der Waals surface area contributed by atoms with E-state index in [4.69, 9.17) is 14.6 Å². The number of nitrogen functional groups attached to an aromatic ring is 1. The highest BCUT2D eigenvalue weighted by Gasteiger charge is 2.26. The molecule has 32 heavy (non-hydrogen) atoms. The van der Waals surface area contributed by atoms with Crippen LogP contribution in [0.3, 0.4) is 0 Å². The first-order valence-electron chi connectivity index (χ1n) is 10.6. The van der Waals surface area contributed by atoms with Gasteiger partial charge >= 0.3 is 0 Å². The van der Waals surface area contributed by atoms with Gasteiger partial charge in [-0.15, -0.1) is 5.10 Å². The molecule has 1 fully saturated rings. The molecule has 6 rings (SSSR count). The molecule has 3 N–H and O–H groups in total. The maximum atomic E-state index is 6.09. The van der Waals surface area contributed by atoms with Crippen LogP contribution in [0.2, 0.25) is 0 Å². The van der Waals surface area contributed by atoms with Gasteiger partial charge in [0.25, 0.3) is 5.78 Å². The number of hydrogen-bond acceptors (Lipinski definition) is 9. The minimum absolute atomic E-state index is 0.216. The molecule has 0 amide bonds. The fraction of sp³-hybridized carbons (Fsp3) is 0.273. The Hall–Kier alpha value is -3.92. The third-order valence-electron chi connectivity index (χ3n) is 5.81. The third kappa shape index (κ3) is 3.44. The summed E-state index contributed by atoms with van der Waals surface area (Å²) in [6.07, 6.45) is 3.81. The number of aromatic nitrogens is 5. The van der Waals surface area contributed by atoms with Crippen LogP contribution in [-0.4, -0.2) is 48.6 Å². The van der Waals surface area contributed by atoms with Crippen molar-refractivity contribution in [2.24, 2.45) is 0 Å². The molecule has 0 unspecified atom stereocenters. The Labute approximate surface area is 183 Å². The normalized spacial score (nSPS) is 16.9. The molecule has 0 aliphatic carbocycles. The summed E-state index contributed by atoms with van der Waals surface area (Å²) in [5, 5.41) is 8.79. The molecule has 4 aromatic heterocycles. The van der Waals surface area contributed by atoms with Gasteiger partial charge in [-0.2, -0.15) is 19.5 Å². The van der Waals surface area contributed by atoms with Gasteiger partial charge in [0.2, 0.25) is 17.7 Å². The van der Waals surface area contributed by atoms with E-state index in [-0.39, 0.29) is 5.95 Å². The smallest absolute Gasteiger partial charge is 0.259 e. The molecular formula is C22H22N8O2. The highest BCUT2D eigenvalue weighted by molar-refractivity contribution is 5.77. The number of rotatable bonds is 6. The fourth-order valence-corrected chi connectivity index (χ4v) is 4.25. The molecule has 1 saturated heterocycles. The number of likely N-dealkylation sites (tertiary alicyclic amines) is 1. The molecule has 0 spiro atoms. The van der Waals surface area contributed by atoms with E-state index in [1.165, 1.54) is 4.52 Å². The van der Waals surface area contributed by atoms with E-state index in [0.29, 0.717) is 35.9 Å². The Balaban J connectivity index is 1.16. The second kappa shape index (κ2) is 7.65.